The van der Waals surface area contributed by atoms with Gasteiger partial charge in [-0.15, -0.1) is 0 Å². The van der Waals surface area contributed by atoms with Crippen LogP contribution in [0.2, 0.25) is 5.15 Å². The summed E-state index contributed by atoms with van der Waals surface area (Å²) in [6.07, 6.45) is 3.40. The highest BCUT2D eigenvalue weighted by molar-refractivity contribution is 6.30. The minimum atomic E-state index is 0.501. The molecule has 0 saturated carbocycles. The van der Waals surface area contributed by atoms with Gasteiger partial charge >= 0.3 is 0 Å². The molecule has 0 amide bonds. The quantitative estimate of drug-likeness (QED) is 0.616. The largest absolute Gasteiger partial charge is 0.291 e. The molecule has 0 atom stereocenters. The van der Waals surface area contributed by atoms with Crippen molar-refractivity contribution in [2.45, 2.75) is 0 Å². The van der Waals surface area contributed by atoms with Crippen LogP contribution in [0.4, 0.5) is 0 Å². The Bertz CT molecular complexity index is 467. The average molecular weight is 178 g/mol. The van der Waals surface area contributed by atoms with E-state index in [2.05, 4.69) is 4.98 Å². The van der Waals surface area contributed by atoms with Crippen LogP contribution in [0.5, 0.6) is 0 Å². The lowest BCUT2D eigenvalue weighted by atomic mass is 10.4. The molecule has 0 radical (unpaired) electrons. The molecular weight excluding hydrogens is 174 g/mol. The van der Waals surface area contributed by atoms with E-state index in [0.29, 0.717) is 16.4 Å². The van der Waals surface area contributed by atoms with Crippen LogP contribution >= 0.6 is 11.6 Å². The van der Waals surface area contributed by atoms with Gasteiger partial charge in [0.05, 0.1) is 5.56 Å². The Morgan fingerprint density at radius 3 is 3.17 bits per heavy atom. The summed E-state index contributed by atoms with van der Waals surface area (Å²) in [7, 11) is 0. The first-order chi connectivity index (χ1) is 5.83. The Morgan fingerprint density at radius 2 is 2.42 bits per heavy atom. The van der Waals surface area contributed by atoms with Gasteiger partial charge in [0, 0.05) is 12.4 Å². The van der Waals surface area contributed by atoms with E-state index in [1.54, 1.807) is 28.9 Å². The molecule has 0 fully saturated rings. The van der Waals surface area contributed by atoms with Gasteiger partial charge in [-0.05, 0) is 12.1 Å². The predicted molar refractivity (Wildman–Crippen MR) is 44.9 cm³/mol. The minimum Gasteiger partial charge on any atom is -0.291 e. The molecule has 58 valence electrons. The van der Waals surface area contributed by atoms with Gasteiger partial charge in [0.15, 0.2) is 5.65 Å². The van der Waals surface area contributed by atoms with E-state index >= 15 is 0 Å². The van der Waals surface area contributed by atoms with Gasteiger partial charge in [0.2, 0.25) is 0 Å². The Kier molecular flexibility index (Phi) is 1.49. The zero-order valence-electron chi connectivity index (χ0n) is 6.03. The molecule has 0 spiro atoms. The summed E-state index contributed by atoms with van der Waals surface area (Å²) in [4.78, 5) is 4.03. The minimum absolute atomic E-state index is 0.501. The van der Waals surface area contributed by atoms with Crippen molar-refractivity contribution in [1.29, 1.82) is 5.26 Å². The molecule has 0 unspecified atom stereocenters. The summed E-state index contributed by atoms with van der Waals surface area (Å²) in [6, 6.07) is 5.39. The molecule has 2 rings (SSSR count). The second-order valence-corrected chi connectivity index (χ2v) is 2.69. The average Bonchev–Trinajstić information content (AvgIpc) is 2.44. The Hall–Kier alpha value is -1.53. The zero-order valence-corrected chi connectivity index (χ0v) is 6.78. The molecule has 0 N–H and O–H groups in total. The SMILES string of the molecule is N#Cc1cc(Cl)n2cccnc12. The topological polar surface area (TPSA) is 41.1 Å². The number of halogens is 1. The first-order valence-corrected chi connectivity index (χ1v) is 3.72. The third-order valence-electron chi connectivity index (χ3n) is 1.60. The number of rotatable bonds is 0. The maximum absolute atomic E-state index is 8.69. The van der Waals surface area contributed by atoms with Crippen LogP contribution in [0.15, 0.2) is 24.5 Å². The first kappa shape index (κ1) is 7.14. The smallest absolute Gasteiger partial charge is 0.155 e. The van der Waals surface area contributed by atoms with E-state index in [9.17, 15) is 0 Å². The number of nitriles is 1. The molecule has 12 heavy (non-hydrogen) atoms. The molecule has 0 bridgehead atoms. The van der Waals surface area contributed by atoms with Gasteiger partial charge in [-0.3, -0.25) is 4.40 Å². The highest BCUT2D eigenvalue weighted by Crippen LogP contribution is 2.17. The highest BCUT2D eigenvalue weighted by Gasteiger charge is 2.05. The van der Waals surface area contributed by atoms with Gasteiger partial charge in [-0.2, -0.15) is 5.26 Å². The van der Waals surface area contributed by atoms with Crippen molar-refractivity contribution in [3.8, 4) is 6.07 Å². The summed E-state index contributed by atoms with van der Waals surface area (Å²) in [5.74, 6) is 0. The molecule has 0 aliphatic rings. The molecular formula is C8H4ClN3. The van der Waals surface area contributed by atoms with E-state index in [0.717, 1.165) is 0 Å². The standard InChI is InChI=1S/C8H4ClN3/c9-7-4-6(5-10)8-11-2-1-3-12(7)8/h1-4H. The van der Waals surface area contributed by atoms with E-state index in [1.165, 1.54) is 0 Å². The van der Waals surface area contributed by atoms with Gasteiger partial charge in [0.1, 0.15) is 11.2 Å². The second kappa shape index (κ2) is 2.50. The lowest BCUT2D eigenvalue weighted by Crippen LogP contribution is -1.85. The van der Waals surface area contributed by atoms with Crippen molar-refractivity contribution in [3.63, 3.8) is 0 Å². The molecule has 2 aromatic rings. The van der Waals surface area contributed by atoms with Gasteiger partial charge in [-0.1, -0.05) is 11.6 Å². The fraction of sp³-hybridized carbons (Fsp3) is 0. The number of hydrogen-bond donors (Lipinski definition) is 0. The van der Waals surface area contributed by atoms with Crippen LogP contribution in [0, 0.1) is 11.3 Å². The summed E-state index contributed by atoms with van der Waals surface area (Å²) in [5, 5.41) is 9.20. The number of aromatic nitrogens is 2. The van der Waals surface area contributed by atoms with Crippen molar-refractivity contribution >= 4 is 17.2 Å². The molecule has 3 nitrogen and oxygen atoms in total. The van der Waals surface area contributed by atoms with E-state index in [1.807, 2.05) is 6.07 Å². The molecule has 2 heterocycles. The molecule has 0 aromatic carbocycles. The van der Waals surface area contributed by atoms with Crippen LogP contribution < -0.4 is 0 Å². The van der Waals surface area contributed by atoms with Gasteiger partial charge in [0.25, 0.3) is 0 Å². The molecule has 0 saturated heterocycles. The molecule has 2 aromatic heterocycles. The van der Waals surface area contributed by atoms with Crippen LogP contribution in [0.1, 0.15) is 5.56 Å². The summed E-state index contributed by atoms with van der Waals surface area (Å²) < 4.78 is 1.67. The van der Waals surface area contributed by atoms with Crippen molar-refractivity contribution in [1.82, 2.24) is 9.38 Å². The molecule has 4 heteroatoms. The van der Waals surface area contributed by atoms with Crippen LogP contribution in [0.25, 0.3) is 5.65 Å². The van der Waals surface area contributed by atoms with Crippen LogP contribution in [-0.4, -0.2) is 9.38 Å². The Morgan fingerprint density at radius 1 is 1.58 bits per heavy atom. The van der Waals surface area contributed by atoms with Crippen molar-refractivity contribution in [2.75, 3.05) is 0 Å². The van der Waals surface area contributed by atoms with E-state index < -0.39 is 0 Å². The van der Waals surface area contributed by atoms with Gasteiger partial charge < -0.3 is 0 Å². The first-order valence-electron chi connectivity index (χ1n) is 3.34. The summed E-state index contributed by atoms with van der Waals surface area (Å²) in [6.45, 7) is 0. The van der Waals surface area contributed by atoms with E-state index in [4.69, 9.17) is 16.9 Å². The third kappa shape index (κ3) is 0.858. The number of hydrogen-bond acceptors (Lipinski definition) is 2. The predicted octanol–water partition coefficient (Wildman–Crippen LogP) is 1.86. The molecule has 0 aliphatic heterocycles. The highest BCUT2D eigenvalue weighted by atomic mass is 35.5. The number of nitrogens with zero attached hydrogens (tertiary/aromatic N) is 3. The fourth-order valence-electron chi connectivity index (χ4n) is 1.08. The lowest BCUT2D eigenvalue weighted by molar-refractivity contribution is 1.13. The zero-order chi connectivity index (χ0) is 8.55. The molecule has 0 aliphatic carbocycles. The van der Waals surface area contributed by atoms with Crippen molar-refractivity contribution < 1.29 is 0 Å². The lowest BCUT2D eigenvalue weighted by Gasteiger charge is -1.92. The maximum atomic E-state index is 8.69. The Balaban J connectivity index is 2.94. The summed E-state index contributed by atoms with van der Waals surface area (Å²) >= 11 is 5.83. The van der Waals surface area contributed by atoms with Crippen molar-refractivity contribution in [2.24, 2.45) is 0 Å². The normalized spacial score (nSPS) is 10.0. The number of fused-ring (bicyclic) bond motifs is 1. The van der Waals surface area contributed by atoms with Gasteiger partial charge in [-0.25, -0.2) is 4.98 Å². The second-order valence-electron chi connectivity index (χ2n) is 2.31. The summed E-state index contributed by atoms with van der Waals surface area (Å²) in [5.41, 5.74) is 1.10. The third-order valence-corrected chi connectivity index (χ3v) is 1.89. The van der Waals surface area contributed by atoms with Crippen molar-refractivity contribution in [3.05, 3.63) is 35.2 Å². The fourth-order valence-corrected chi connectivity index (χ4v) is 1.32. The monoisotopic (exact) mass is 177 g/mol. The van der Waals surface area contributed by atoms with Crippen LogP contribution in [-0.2, 0) is 0 Å². The van der Waals surface area contributed by atoms with E-state index in [-0.39, 0.29) is 0 Å². The Labute approximate surface area is 73.8 Å². The van der Waals surface area contributed by atoms with Crippen LogP contribution in [0.3, 0.4) is 0 Å². The maximum Gasteiger partial charge on any atom is 0.155 e.